The molecule has 0 aliphatic rings. The Balaban J connectivity index is 2.86. The third kappa shape index (κ3) is 3.43. The smallest absolute Gasteiger partial charge is 0.178 e. The molecule has 0 heterocycles. The third-order valence-electron chi connectivity index (χ3n) is 2.09. The van der Waals surface area contributed by atoms with Gasteiger partial charge in [-0.25, -0.2) is 12.8 Å². The average Bonchev–Trinajstić information content (AvgIpc) is 2.22. The van der Waals surface area contributed by atoms with E-state index < -0.39 is 15.7 Å². The highest BCUT2D eigenvalue weighted by Crippen LogP contribution is 2.20. The van der Waals surface area contributed by atoms with Crippen molar-refractivity contribution < 1.29 is 12.8 Å². The molecule has 0 spiro atoms. The van der Waals surface area contributed by atoms with Crippen LogP contribution in [0.15, 0.2) is 23.1 Å². The molecule has 6 heteroatoms. The fourth-order valence-corrected chi connectivity index (χ4v) is 2.81. The predicted octanol–water partition coefficient (Wildman–Crippen LogP) is 1.86. The van der Waals surface area contributed by atoms with Crippen molar-refractivity contribution in [2.45, 2.75) is 11.3 Å². The van der Waals surface area contributed by atoms with E-state index >= 15 is 0 Å². The number of benzene rings is 1. The molecule has 1 rings (SSSR count). The highest BCUT2D eigenvalue weighted by atomic mass is 35.5. The van der Waals surface area contributed by atoms with Crippen molar-refractivity contribution in [3.8, 4) is 0 Å². The average molecular weight is 266 g/mol. The van der Waals surface area contributed by atoms with E-state index in [2.05, 4.69) is 5.32 Å². The lowest BCUT2D eigenvalue weighted by atomic mass is 10.3. The summed E-state index contributed by atoms with van der Waals surface area (Å²) in [6.45, 7) is 0.619. The van der Waals surface area contributed by atoms with Crippen molar-refractivity contribution in [2.24, 2.45) is 0 Å². The van der Waals surface area contributed by atoms with Crippen molar-refractivity contribution in [1.29, 1.82) is 0 Å². The van der Waals surface area contributed by atoms with E-state index in [4.69, 9.17) is 11.6 Å². The Labute approximate surface area is 99.5 Å². The Bertz CT molecular complexity index is 462. The Morgan fingerprint density at radius 2 is 2.12 bits per heavy atom. The largest absolute Gasteiger partial charge is 0.320 e. The van der Waals surface area contributed by atoms with Crippen LogP contribution in [0.4, 0.5) is 4.39 Å². The van der Waals surface area contributed by atoms with Crippen molar-refractivity contribution >= 4 is 21.4 Å². The van der Waals surface area contributed by atoms with Gasteiger partial charge in [0.2, 0.25) is 0 Å². The van der Waals surface area contributed by atoms with Gasteiger partial charge >= 0.3 is 0 Å². The monoisotopic (exact) mass is 265 g/mol. The van der Waals surface area contributed by atoms with Gasteiger partial charge in [-0.15, -0.1) is 0 Å². The summed E-state index contributed by atoms with van der Waals surface area (Å²) in [6.07, 6.45) is 0.508. The van der Waals surface area contributed by atoms with Gasteiger partial charge in [0.15, 0.2) is 9.84 Å². The van der Waals surface area contributed by atoms with E-state index in [0.29, 0.717) is 13.0 Å². The number of halogens is 2. The van der Waals surface area contributed by atoms with Crippen LogP contribution in [0.5, 0.6) is 0 Å². The number of sulfone groups is 1. The van der Waals surface area contributed by atoms with Gasteiger partial charge in [0, 0.05) is 0 Å². The minimum Gasteiger partial charge on any atom is -0.320 e. The number of rotatable bonds is 5. The first kappa shape index (κ1) is 13.4. The summed E-state index contributed by atoms with van der Waals surface area (Å²) < 4.78 is 36.4. The first-order valence-corrected chi connectivity index (χ1v) is 6.83. The first-order valence-electron chi connectivity index (χ1n) is 4.80. The maximum Gasteiger partial charge on any atom is 0.178 e. The van der Waals surface area contributed by atoms with Gasteiger partial charge in [-0.2, -0.15) is 0 Å². The lowest BCUT2D eigenvalue weighted by Crippen LogP contribution is -2.14. The summed E-state index contributed by atoms with van der Waals surface area (Å²) >= 11 is 5.53. The Hall–Kier alpha value is -0.650. The highest BCUT2D eigenvalue weighted by molar-refractivity contribution is 7.91. The first-order chi connectivity index (χ1) is 7.47. The molecule has 0 saturated heterocycles. The molecule has 0 bridgehead atoms. The summed E-state index contributed by atoms with van der Waals surface area (Å²) in [5.74, 6) is -0.591. The molecule has 0 aliphatic heterocycles. The van der Waals surface area contributed by atoms with Gasteiger partial charge in [-0.1, -0.05) is 11.6 Å². The summed E-state index contributed by atoms with van der Waals surface area (Å²) in [5.41, 5.74) is 0. The second-order valence-electron chi connectivity index (χ2n) is 3.35. The maximum atomic E-state index is 12.9. The summed E-state index contributed by atoms with van der Waals surface area (Å²) in [6, 6.07) is 3.44. The van der Waals surface area contributed by atoms with Crippen molar-refractivity contribution in [1.82, 2.24) is 5.32 Å². The van der Waals surface area contributed by atoms with Gasteiger partial charge in [0.05, 0.1) is 15.7 Å². The Morgan fingerprint density at radius 3 is 2.69 bits per heavy atom. The molecular weight excluding hydrogens is 253 g/mol. The van der Waals surface area contributed by atoms with Gasteiger partial charge in [0.25, 0.3) is 0 Å². The lowest BCUT2D eigenvalue weighted by Gasteiger charge is -2.05. The van der Waals surface area contributed by atoms with Crippen molar-refractivity contribution in [3.05, 3.63) is 29.0 Å². The third-order valence-corrected chi connectivity index (χ3v) is 4.18. The van der Waals surface area contributed by atoms with Crippen LogP contribution >= 0.6 is 11.6 Å². The molecule has 0 aromatic heterocycles. The molecule has 0 atom stereocenters. The van der Waals surface area contributed by atoms with E-state index in [1.165, 1.54) is 6.07 Å². The molecule has 0 radical (unpaired) electrons. The van der Waals surface area contributed by atoms with Gasteiger partial charge in [0.1, 0.15) is 5.82 Å². The molecule has 0 fully saturated rings. The summed E-state index contributed by atoms with van der Waals surface area (Å²) in [7, 11) is -1.61. The van der Waals surface area contributed by atoms with Crippen LogP contribution in [0.3, 0.4) is 0 Å². The van der Waals surface area contributed by atoms with Gasteiger partial charge < -0.3 is 5.32 Å². The number of hydrogen-bond donors (Lipinski definition) is 1. The zero-order chi connectivity index (χ0) is 12.2. The topological polar surface area (TPSA) is 46.2 Å². The predicted molar refractivity (Wildman–Crippen MR) is 62.0 cm³/mol. The fourth-order valence-electron chi connectivity index (χ4n) is 1.23. The number of hydrogen-bond acceptors (Lipinski definition) is 3. The molecule has 3 nitrogen and oxygen atoms in total. The molecule has 16 heavy (non-hydrogen) atoms. The van der Waals surface area contributed by atoms with Crippen LogP contribution in [0.2, 0.25) is 5.02 Å². The van der Waals surface area contributed by atoms with E-state index in [-0.39, 0.29) is 15.7 Å². The van der Waals surface area contributed by atoms with Crippen LogP contribution < -0.4 is 5.32 Å². The quantitative estimate of drug-likeness (QED) is 0.653. The maximum absolute atomic E-state index is 12.9. The molecule has 0 unspecified atom stereocenters. The highest BCUT2D eigenvalue weighted by Gasteiger charge is 2.15. The van der Waals surface area contributed by atoms with Crippen molar-refractivity contribution in [3.63, 3.8) is 0 Å². The Kier molecular flexibility index (Phi) is 4.70. The SMILES string of the molecule is CNCCCS(=O)(=O)c1ccc(F)c(Cl)c1. The molecule has 1 aromatic carbocycles. The fraction of sp³-hybridized carbons (Fsp3) is 0.400. The molecular formula is C10H13ClFNO2S. The summed E-state index contributed by atoms with van der Waals surface area (Å²) in [5, 5.41) is 2.69. The zero-order valence-electron chi connectivity index (χ0n) is 8.83. The standard InChI is InChI=1S/C10H13ClFNO2S/c1-13-5-2-6-16(14,15)8-3-4-10(12)9(11)7-8/h3-4,7,13H,2,5-6H2,1H3. The normalized spacial score (nSPS) is 11.7. The molecule has 90 valence electrons. The van der Waals surface area contributed by atoms with Crippen molar-refractivity contribution in [2.75, 3.05) is 19.3 Å². The molecule has 0 aliphatic carbocycles. The van der Waals surface area contributed by atoms with Crippen LogP contribution in [-0.4, -0.2) is 27.8 Å². The van der Waals surface area contributed by atoms with Crippen LogP contribution in [-0.2, 0) is 9.84 Å². The number of nitrogens with one attached hydrogen (secondary N) is 1. The lowest BCUT2D eigenvalue weighted by molar-refractivity contribution is 0.590. The summed E-state index contributed by atoms with van der Waals surface area (Å²) in [4.78, 5) is 0.0648. The van der Waals surface area contributed by atoms with Gasteiger partial charge in [-0.3, -0.25) is 0 Å². The van der Waals surface area contributed by atoms with E-state index in [1.807, 2.05) is 0 Å². The van der Waals surface area contributed by atoms with Crippen LogP contribution in [0.1, 0.15) is 6.42 Å². The minimum atomic E-state index is -3.36. The molecule has 0 amide bonds. The minimum absolute atomic E-state index is 0.0236. The second-order valence-corrected chi connectivity index (χ2v) is 5.87. The van der Waals surface area contributed by atoms with Crippen LogP contribution in [0, 0.1) is 5.82 Å². The van der Waals surface area contributed by atoms with Crippen LogP contribution in [0.25, 0.3) is 0 Å². The zero-order valence-corrected chi connectivity index (χ0v) is 10.4. The second kappa shape index (κ2) is 5.61. The Morgan fingerprint density at radius 1 is 1.44 bits per heavy atom. The van der Waals surface area contributed by atoms with E-state index in [9.17, 15) is 12.8 Å². The van der Waals surface area contributed by atoms with E-state index in [1.54, 1.807) is 7.05 Å². The van der Waals surface area contributed by atoms with Gasteiger partial charge in [-0.05, 0) is 38.2 Å². The molecule has 1 aromatic rings. The molecule has 1 N–H and O–H groups in total. The molecule has 0 saturated carbocycles. The van der Waals surface area contributed by atoms with E-state index in [0.717, 1.165) is 12.1 Å².